The summed E-state index contributed by atoms with van der Waals surface area (Å²) < 4.78 is 12.8. The van der Waals surface area contributed by atoms with Gasteiger partial charge in [0.05, 0.1) is 30.4 Å². The number of aromatic nitrogens is 2. The predicted octanol–water partition coefficient (Wildman–Crippen LogP) is 0.217. The average molecular weight is 485 g/mol. The number of ether oxygens (including phenoxy) is 2. The third-order valence-electron chi connectivity index (χ3n) is 6.43. The number of benzene rings is 1. The summed E-state index contributed by atoms with van der Waals surface area (Å²) in [5.74, 6) is -1.64. The van der Waals surface area contributed by atoms with Crippen LogP contribution in [0.2, 0.25) is 0 Å². The molecule has 1 N–H and O–H groups in total. The highest BCUT2D eigenvalue weighted by Gasteiger charge is 2.42. The number of aliphatic hydroxyl groups excluding tert-OH is 1. The Kier molecular flexibility index (Phi) is 7.10. The maximum atomic E-state index is 12.6. The van der Waals surface area contributed by atoms with Gasteiger partial charge in [-0.3, -0.25) is 23.9 Å². The molecule has 11 nitrogen and oxygen atoms in total. The summed E-state index contributed by atoms with van der Waals surface area (Å²) in [5.41, 5.74) is 0.673. The fourth-order valence-corrected chi connectivity index (χ4v) is 4.14. The number of hydrogen-bond acceptors (Lipinski definition) is 8. The van der Waals surface area contributed by atoms with Crippen molar-refractivity contribution < 1.29 is 29.0 Å². The van der Waals surface area contributed by atoms with Crippen molar-refractivity contribution >= 4 is 17.7 Å². The number of aryl methyl sites for hydroxylation is 1. The Morgan fingerprint density at radius 2 is 1.83 bits per heavy atom. The van der Waals surface area contributed by atoms with Crippen LogP contribution in [0.3, 0.4) is 0 Å². The van der Waals surface area contributed by atoms with Crippen molar-refractivity contribution in [2.24, 2.45) is 5.92 Å². The van der Waals surface area contributed by atoms with Crippen molar-refractivity contribution in [1.29, 1.82) is 0 Å². The van der Waals surface area contributed by atoms with Crippen molar-refractivity contribution in [2.45, 2.75) is 32.3 Å². The molecule has 0 saturated carbocycles. The Hall–Kier alpha value is -3.41. The highest BCUT2D eigenvalue weighted by atomic mass is 16.6. The normalized spacial score (nSPS) is 23.6. The molecular formula is C24H28N4O7. The minimum absolute atomic E-state index is 0.156. The number of rotatable bonds is 8. The Balaban J connectivity index is 1.24. The molecule has 1 aromatic carbocycles. The SMILES string of the molecule is Cc1ccn([C@@H]2O[C@H](COCCN(C)C(=O)CN3C(=O)c4ccccc4C3=O)C(C)[C@@H]2O)c(=O)n1. The number of nitrogens with zero attached hydrogens (tertiary/aromatic N) is 4. The minimum atomic E-state index is -0.908. The second kappa shape index (κ2) is 10.1. The van der Waals surface area contributed by atoms with Crippen molar-refractivity contribution in [3.63, 3.8) is 0 Å². The van der Waals surface area contributed by atoms with Gasteiger partial charge in [0.15, 0.2) is 6.23 Å². The molecule has 35 heavy (non-hydrogen) atoms. The molecule has 3 amide bonds. The largest absolute Gasteiger partial charge is 0.388 e. The summed E-state index contributed by atoms with van der Waals surface area (Å²) in [4.78, 5) is 55.8. The summed E-state index contributed by atoms with van der Waals surface area (Å²) in [6.07, 6.45) is -0.677. The van der Waals surface area contributed by atoms with Crippen molar-refractivity contribution in [2.75, 3.05) is 33.4 Å². The molecule has 2 aliphatic heterocycles. The highest BCUT2D eigenvalue weighted by molar-refractivity contribution is 6.22. The lowest BCUT2D eigenvalue weighted by molar-refractivity contribution is -0.131. The van der Waals surface area contributed by atoms with Gasteiger partial charge >= 0.3 is 5.69 Å². The lowest BCUT2D eigenvalue weighted by Gasteiger charge is -2.21. The molecule has 4 atom stereocenters. The number of carbonyl (C=O) groups excluding carboxylic acids is 3. The Labute approximate surface area is 201 Å². The second-order valence-electron chi connectivity index (χ2n) is 8.81. The monoisotopic (exact) mass is 484 g/mol. The summed E-state index contributed by atoms with van der Waals surface area (Å²) in [5, 5.41) is 10.6. The molecule has 0 radical (unpaired) electrons. The van der Waals surface area contributed by atoms with Crippen LogP contribution in [0, 0.1) is 12.8 Å². The number of carbonyl (C=O) groups is 3. The number of aliphatic hydroxyl groups is 1. The van der Waals surface area contributed by atoms with Crippen molar-refractivity contribution in [1.82, 2.24) is 19.4 Å². The van der Waals surface area contributed by atoms with Gasteiger partial charge in [-0.15, -0.1) is 0 Å². The van der Waals surface area contributed by atoms with Gasteiger partial charge in [0.2, 0.25) is 5.91 Å². The first-order chi connectivity index (χ1) is 16.7. The molecule has 1 aromatic heterocycles. The zero-order chi connectivity index (χ0) is 25.3. The number of likely N-dealkylation sites (N-methyl/N-ethyl adjacent to an activating group) is 1. The van der Waals surface area contributed by atoms with Crippen molar-refractivity contribution in [3.8, 4) is 0 Å². The first-order valence-corrected chi connectivity index (χ1v) is 11.3. The van der Waals surface area contributed by atoms with Crippen LogP contribution >= 0.6 is 0 Å². The summed E-state index contributed by atoms with van der Waals surface area (Å²) in [6.45, 7) is 3.74. The van der Waals surface area contributed by atoms with Crippen LogP contribution in [0.1, 0.15) is 39.6 Å². The highest BCUT2D eigenvalue weighted by Crippen LogP contribution is 2.33. The molecule has 0 bridgehead atoms. The fraction of sp³-hybridized carbons (Fsp3) is 0.458. The Morgan fingerprint density at radius 3 is 2.46 bits per heavy atom. The molecule has 1 fully saturated rings. The number of imide groups is 1. The van der Waals surface area contributed by atoms with E-state index in [-0.39, 0.29) is 32.2 Å². The zero-order valence-electron chi connectivity index (χ0n) is 19.8. The van der Waals surface area contributed by atoms with E-state index in [0.29, 0.717) is 16.8 Å². The molecule has 186 valence electrons. The van der Waals surface area contributed by atoms with E-state index in [4.69, 9.17) is 9.47 Å². The van der Waals surface area contributed by atoms with E-state index in [0.717, 1.165) is 4.90 Å². The second-order valence-corrected chi connectivity index (χ2v) is 8.81. The smallest absolute Gasteiger partial charge is 0.349 e. The molecule has 11 heteroatoms. The summed E-state index contributed by atoms with van der Waals surface area (Å²) in [6, 6.07) is 8.14. The first-order valence-electron chi connectivity index (χ1n) is 11.3. The number of hydrogen-bond donors (Lipinski definition) is 1. The lowest BCUT2D eigenvalue weighted by atomic mass is 10.0. The van der Waals surface area contributed by atoms with Crippen LogP contribution in [0.25, 0.3) is 0 Å². The van der Waals surface area contributed by atoms with Crippen LogP contribution < -0.4 is 5.69 Å². The lowest BCUT2D eigenvalue weighted by Crippen LogP contribution is -2.42. The molecular weight excluding hydrogens is 456 g/mol. The third kappa shape index (κ3) is 4.88. The number of fused-ring (bicyclic) bond motifs is 1. The van der Waals surface area contributed by atoms with Crippen LogP contribution in [-0.4, -0.2) is 87.7 Å². The maximum absolute atomic E-state index is 12.6. The van der Waals surface area contributed by atoms with Gasteiger partial charge in [0.1, 0.15) is 12.6 Å². The third-order valence-corrected chi connectivity index (χ3v) is 6.43. The van der Waals surface area contributed by atoms with E-state index < -0.39 is 41.8 Å². The van der Waals surface area contributed by atoms with E-state index in [2.05, 4.69) is 4.98 Å². The minimum Gasteiger partial charge on any atom is -0.388 e. The molecule has 0 aliphatic carbocycles. The van der Waals surface area contributed by atoms with Crippen molar-refractivity contribution in [3.05, 3.63) is 63.8 Å². The fourth-order valence-electron chi connectivity index (χ4n) is 4.14. The van der Waals surface area contributed by atoms with E-state index in [9.17, 15) is 24.3 Å². The van der Waals surface area contributed by atoms with E-state index in [1.54, 1.807) is 50.5 Å². The topological polar surface area (TPSA) is 131 Å². The van der Waals surface area contributed by atoms with Gasteiger partial charge in [0, 0.05) is 31.4 Å². The zero-order valence-corrected chi connectivity index (χ0v) is 19.8. The van der Waals surface area contributed by atoms with Gasteiger partial charge in [-0.25, -0.2) is 4.79 Å². The average Bonchev–Trinajstić information content (AvgIpc) is 3.25. The molecule has 4 rings (SSSR count). The quantitative estimate of drug-likeness (QED) is 0.416. The van der Waals surface area contributed by atoms with E-state index in [1.807, 2.05) is 6.92 Å². The van der Waals surface area contributed by atoms with Crippen LogP contribution in [0.4, 0.5) is 0 Å². The van der Waals surface area contributed by atoms with Gasteiger partial charge < -0.3 is 19.5 Å². The van der Waals surface area contributed by atoms with Gasteiger partial charge in [0.25, 0.3) is 11.8 Å². The molecule has 0 spiro atoms. The van der Waals surface area contributed by atoms with Gasteiger partial charge in [-0.1, -0.05) is 19.1 Å². The standard InChI is InChI=1S/C24H28N4O7/c1-14-8-9-27(24(33)25-14)23-20(30)15(2)18(35-23)13-34-11-10-26(3)19(29)12-28-21(31)16-6-4-5-7-17(16)22(28)32/h4-9,15,18,20,23,30H,10-13H2,1-3H3/t15?,18-,20+,23-/m1/s1. The van der Waals surface area contributed by atoms with E-state index >= 15 is 0 Å². The van der Waals surface area contributed by atoms with Crippen LogP contribution in [-0.2, 0) is 14.3 Å². The van der Waals surface area contributed by atoms with Gasteiger partial charge in [-0.2, -0.15) is 4.98 Å². The predicted molar refractivity (Wildman–Crippen MR) is 123 cm³/mol. The molecule has 1 saturated heterocycles. The van der Waals surface area contributed by atoms with Crippen LogP contribution in [0.5, 0.6) is 0 Å². The van der Waals surface area contributed by atoms with Gasteiger partial charge in [-0.05, 0) is 25.1 Å². The van der Waals surface area contributed by atoms with E-state index in [1.165, 1.54) is 9.47 Å². The van der Waals surface area contributed by atoms with Crippen LogP contribution in [0.15, 0.2) is 41.3 Å². The molecule has 1 unspecified atom stereocenters. The maximum Gasteiger partial charge on any atom is 0.349 e. The molecule has 3 heterocycles. The number of amides is 3. The Morgan fingerprint density at radius 1 is 1.17 bits per heavy atom. The summed E-state index contributed by atoms with van der Waals surface area (Å²) in [7, 11) is 1.56. The molecule has 2 aromatic rings. The molecule has 2 aliphatic rings. The first kappa shape index (κ1) is 24.7. The Bertz CT molecular complexity index is 1160. The summed E-state index contributed by atoms with van der Waals surface area (Å²) >= 11 is 0.